The second-order valence-electron chi connectivity index (χ2n) is 6.98. The van der Waals surface area contributed by atoms with Crippen LogP contribution in [0, 0.1) is 0 Å². The van der Waals surface area contributed by atoms with E-state index in [0.29, 0.717) is 25.1 Å². The van der Waals surface area contributed by atoms with E-state index in [9.17, 15) is 17.8 Å². The number of fused-ring (bicyclic) bond motifs is 2. The van der Waals surface area contributed by atoms with Gasteiger partial charge >= 0.3 is 5.97 Å². The van der Waals surface area contributed by atoms with Gasteiger partial charge in [-0.05, 0) is 44.4 Å². The summed E-state index contributed by atoms with van der Waals surface area (Å²) in [5.41, 5.74) is 2.08. The van der Waals surface area contributed by atoms with E-state index >= 15 is 0 Å². The number of nitrogens with zero attached hydrogens (tertiary/aromatic N) is 1. The molecule has 2 N–H and O–H groups in total. The summed E-state index contributed by atoms with van der Waals surface area (Å²) in [7, 11) is -4.34. The van der Waals surface area contributed by atoms with Crippen LogP contribution in [0.3, 0.4) is 0 Å². The van der Waals surface area contributed by atoms with Crippen molar-refractivity contribution in [3.63, 3.8) is 0 Å². The van der Waals surface area contributed by atoms with Crippen LogP contribution < -0.4 is 5.32 Å². The van der Waals surface area contributed by atoms with Gasteiger partial charge in [-0.1, -0.05) is 6.08 Å². The highest BCUT2D eigenvalue weighted by atomic mass is 32.2. The molecule has 8 heteroatoms. The van der Waals surface area contributed by atoms with Gasteiger partial charge in [0.25, 0.3) is 10.1 Å². The van der Waals surface area contributed by atoms with Gasteiger partial charge in [0, 0.05) is 18.7 Å². The lowest BCUT2D eigenvalue weighted by Gasteiger charge is -2.28. The van der Waals surface area contributed by atoms with E-state index in [1.54, 1.807) is 26.8 Å². The lowest BCUT2D eigenvalue weighted by atomic mass is 9.92. The zero-order valence-corrected chi connectivity index (χ0v) is 14.6. The minimum atomic E-state index is -4.34. The van der Waals surface area contributed by atoms with Crippen molar-refractivity contribution in [2.75, 3.05) is 6.54 Å². The van der Waals surface area contributed by atoms with Gasteiger partial charge in [0.2, 0.25) is 0 Å². The van der Waals surface area contributed by atoms with E-state index in [4.69, 9.17) is 4.74 Å². The summed E-state index contributed by atoms with van der Waals surface area (Å²) in [5.74, 6) is -0.355. The number of ether oxygens (including phenoxy) is 1. The number of esters is 1. The van der Waals surface area contributed by atoms with Gasteiger partial charge in [-0.25, -0.2) is 0 Å². The van der Waals surface area contributed by atoms with E-state index in [2.05, 4.69) is 10.3 Å². The maximum Gasteiger partial charge on any atom is 0.324 e. The van der Waals surface area contributed by atoms with Crippen LogP contribution in [0.1, 0.15) is 33.6 Å². The van der Waals surface area contributed by atoms with Gasteiger partial charge < -0.3 is 4.74 Å². The highest BCUT2D eigenvalue weighted by Gasteiger charge is 2.37. The van der Waals surface area contributed by atoms with Crippen LogP contribution >= 0.6 is 0 Å². The van der Waals surface area contributed by atoms with Crippen molar-refractivity contribution in [3.8, 4) is 0 Å². The molecule has 0 aromatic carbocycles. The van der Waals surface area contributed by atoms with Crippen LogP contribution in [0.4, 0.5) is 0 Å². The molecular formula is C16H20N2O5S. The first kappa shape index (κ1) is 17.1. The molecule has 0 radical (unpaired) electrons. The Morgan fingerprint density at radius 2 is 2.08 bits per heavy atom. The van der Waals surface area contributed by atoms with Gasteiger partial charge in [0.15, 0.2) is 0 Å². The highest BCUT2D eigenvalue weighted by molar-refractivity contribution is 7.90. The summed E-state index contributed by atoms with van der Waals surface area (Å²) in [4.78, 5) is 16.4. The molecule has 0 spiro atoms. The van der Waals surface area contributed by atoms with Crippen LogP contribution in [0.2, 0.25) is 0 Å². The Kier molecular flexibility index (Phi) is 4.01. The first-order valence-corrected chi connectivity index (χ1v) is 9.15. The number of rotatable bonds is 2. The topological polar surface area (TPSA) is 105 Å². The molecule has 0 bridgehead atoms. The van der Waals surface area contributed by atoms with E-state index in [-0.39, 0.29) is 16.6 Å². The van der Waals surface area contributed by atoms with Crippen LogP contribution in [0.15, 0.2) is 38.9 Å². The summed E-state index contributed by atoms with van der Waals surface area (Å²) < 4.78 is 37.8. The summed E-state index contributed by atoms with van der Waals surface area (Å²) in [5, 5.41) is 3.13. The number of hydrogen-bond acceptors (Lipinski definition) is 6. The Morgan fingerprint density at radius 3 is 2.71 bits per heavy atom. The second-order valence-corrected chi connectivity index (χ2v) is 8.37. The third-order valence-electron chi connectivity index (χ3n) is 3.96. The van der Waals surface area contributed by atoms with E-state index in [1.165, 1.54) is 6.08 Å². The summed E-state index contributed by atoms with van der Waals surface area (Å²) >= 11 is 0. The molecule has 2 aliphatic heterocycles. The fourth-order valence-electron chi connectivity index (χ4n) is 2.99. The highest BCUT2D eigenvalue weighted by Crippen LogP contribution is 2.38. The Morgan fingerprint density at radius 1 is 1.38 bits per heavy atom. The van der Waals surface area contributed by atoms with Crippen molar-refractivity contribution in [1.82, 2.24) is 5.32 Å². The largest absolute Gasteiger partial charge is 0.459 e. The van der Waals surface area contributed by atoms with Crippen LogP contribution in [-0.4, -0.2) is 42.8 Å². The zero-order chi connectivity index (χ0) is 17.7. The lowest BCUT2D eigenvalue weighted by molar-refractivity contribution is -0.157. The third-order valence-corrected chi connectivity index (χ3v) is 4.85. The third kappa shape index (κ3) is 3.22. The monoisotopic (exact) mass is 352 g/mol. The van der Waals surface area contributed by atoms with Gasteiger partial charge in [0.1, 0.15) is 16.5 Å². The normalized spacial score (nSPS) is 23.8. The van der Waals surface area contributed by atoms with Crippen molar-refractivity contribution in [3.05, 3.63) is 33.9 Å². The number of carbonyl (C=O) groups is 1. The Balaban J connectivity index is 1.90. The predicted octanol–water partition coefficient (Wildman–Crippen LogP) is 1.50. The molecule has 1 unspecified atom stereocenters. The molecule has 0 amide bonds. The summed E-state index contributed by atoms with van der Waals surface area (Å²) in [6.45, 7) is 5.82. The Bertz CT molecular complexity index is 825. The first-order chi connectivity index (χ1) is 11.1. The Hall–Kier alpha value is -1.77. The molecule has 1 fully saturated rings. The number of allylic oxidation sites excluding steroid dienone is 3. The fraction of sp³-hybridized carbons (Fsp3) is 0.500. The van der Waals surface area contributed by atoms with Crippen molar-refractivity contribution in [2.45, 2.75) is 45.3 Å². The zero-order valence-electron chi connectivity index (χ0n) is 13.8. The average Bonchev–Trinajstić information content (AvgIpc) is 2.81. The van der Waals surface area contributed by atoms with Crippen LogP contribution in [0.25, 0.3) is 0 Å². The molecular weight excluding hydrogens is 332 g/mol. The minimum Gasteiger partial charge on any atom is -0.459 e. The smallest absolute Gasteiger partial charge is 0.324 e. The fourth-order valence-corrected chi connectivity index (χ4v) is 3.67. The van der Waals surface area contributed by atoms with E-state index in [1.807, 2.05) is 0 Å². The van der Waals surface area contributed by atoms with Crippen molar-refractivity contribution < 1.29 is 22.5 Å². The number of piperidine rings is 1. The molecule has 1 saturated heterocycles. The van der Waals surface area contributed by atoms with Crippen molar-refractivity contribution in [2.24, 2.45) is 4.99 Å². The maximum absolute atomic E-state index is 12.2. The van der Waals surface area contributed by atoms with Gasteiger partial charge in [-0.2, -0.15) is 8.42 Å². The molecule has 1 aliphatic carbocycles. The van der Waals surface area contributed by atoms with Gasteiger partial charge in [-0.15, -0.1) is 0 Å². The van der Waals surface area contributed by atoms with E-state index in [0.717, 1.165) is 11.1 Å². The Labute approximate surface area is 140 Å². The van der Waals surface area contributed by atoms with Crippen LogP contribution in [-0.2, 0) is 19.6 Å². The molecule has 2 heterocycles. The molecule has 0 saturated carbocycles. The lowest BCUT2D eigenvalue weighted by Crippen LogP contribution is -2.47. The molecule has 130 valence electrons. The quantitative estimate of drug-likeness (QED) is 0.576. The number of hydrogen-bond donors (Lipinski definition) is 2. The number of nitrogens with one attached hydrogen (secondary N) is 1. The average molecular weight is 352 g/mol. The maximum atomic E-state index is 12.2. The van der Waals surface area contributed by atoms with E-state index < -0.39 is 21.8 Å². The first-order valence-electron chi connectivity index (χ1n) is 7.71. The second kappa shape index (κ2) is 5.65. The summed E-state index contributed by atoms with van der Waals surface area (Å²) in [6, 6.07) is -0.518. The molecule has 0 aromatic rings. The molecule has 3 rings (SSSR count). The predicted molar refractivity (Wildman–Crippen MR) is 89.0 cm³/mol. The SMILES string of the molecule is CC(C)(C)OC(=O)C1CC2=NC3=C(S(=O)(=O)O)C=CCC3=C2CN1. The van der Waals surface area contributed by atoms with Crippen molar-refractivity contribution >= 4 is 21.8 Å². The minimum absolute atomic E-state index is 0.188. The molecule has 7 nitrogen and oxygen atoms in total. The van der Waals surface area contributed by atoms with Gasteiger partial charge in [-0.3, -0.25) is 19.7 Å². The molecule has 24 heavy (non-hydrogen) atoms. The summed E-state index contributed by atoms with van der Waals surface area (Å²) in [6.07, 6.45) is 3.94. The molecule has 3 aliphatic rings. The van der Waals surface area contributed by atoms with Gasteiger partial charge in [0.05, 0.1) is 5.70 Å². The molecule has 1 atom stereocenters. The standard InChI is InChI=1S/C16H20N2O5S/c1-16(2,3)23-15(19)12-7-11-10(8-17-12)9-5-4-6-13(14(9)18-11)24(20,21)22/h4,6,12,17H,5,7-8H2,1-3H3,(H,20,21,22). The van der Waals surface area contributed by atoms with Crippen LogP contribution in [0.5, 0.6) is 0 Å². The number of carbonyl (C=O) groups excluding carboxylic acids is 1. The number of aliphatic imine (C=N–C) groups is 1. The van der Waals surface area contributed by atoms with Crippen molar-refractivity contribution in [1.29, 1.82) is 0 Å². The molecule has 0 aromatic heterocycles.